The average molecular weight is 528 g/mol. The fourth-order valence-electron chi connectivity index (χ4n) is 5.59. The van der Waals surface area contributed by atoms with Crippen LogP contribution in [0.15, 0.2) is 41.3 Å². The number of fused-ring (bicyclic) bond motifs is 1. The lowest BCUT2D eigenvalue weighted by Gasteiger charge is -2.34. The van der Waals surface area contributed by atoms with Crippen molar-refractivity contribution in [2.45, 2.75) is 89.6 Å². The highest BCUT2D eigenvalue weighted by molar-refractivity contribution is 7.89. The standard InChI is InChI=1S/C29H41N3O4S/c1-20-9-5-6-13-25(20)30-28(34)24-12-7-11-23-22(24)10-8-14-26(23)37(35,36)31-21-15-17-32(18-16-21)27(33)19-29(2,3)4/h7-8,10-12,14,20-21,25,31H,5-6,9,13,15-19H2,1-4H3,(H,30,34). The summed E-state index contributed by atoms with van der Waals surface area (Å²) in [5, 5.41) is 4.36. The molecule has 202 valence electrons. The van der Waals surface area contributed by atoms with Gasteiger partial charge in [-0.3, -0.25) is 9.59 Å². The monoisotopic (exact) mass is 527 g/mol. The molecule has 1 saturated heterocycles. The Balaban J connectivity index is 1.48. The van der Waals surface area contributed by atoms with Gasteiger partial charge in [-0.25, -0.2) is 13.1 Å². The molecule has 1 saturated carbocycles. The van der Waals surface area contributed by atoms with Gasteiger partial charge in [0, 0.05) is 42.5 Å². The summed E-state index contributed by atoms with van der Waals surface area (Å²) in [5.74, 6) is 0.401. The Morgan fingerprint density at radius 2 is 1.59 bits per heavy atom. The molecule has 2 aromatic carbocycles. The second-order valence-corrected chi connectivity index (χ2v) is 13.7. The molecule has 37 heavy (non-hydrogen) atoms. The first-order chi connectivity index (χ1) is 17.4. The quantitative estimate of drug-likeness (QED) is 0.561. The Labute approximate surface area is 221 Å². The van der Waals surface area contributed by atoms with Crippen molar-refractivity contribution in [1.29, 1.82) is 0 Å². The average Bonchev–Trinajstić information content (AvgIpc) is 2.83. The number of piperidine rings is 1. The Morgan fingerprint density at radius 3 is 2.27 bits per heavy atom. The van der Waals surface area contributed by atoms with Crippen LogP contribution in [0.3, 0.4) is 0 Å². The molecule has 4 rings (SSSR count). The molecule has 2 atom stereocenters. The van der Waals surface area contributed by atoms with Crippen molar-refractivity contribution in [2.75, 3.05) is 13.1 Å². The van der Waals surface area contributed by atoms with E-state index in [4.69, 9.17) is 0 Å². The summed E-state index contributed by atoms with van der Waals surface area (Å²) in [5.41, 5.74) is 0.423. The number of carbonyl (C=O) groups is 2. The molecule has 8 heteroatoms. The summed E-state index contributed by atoms with van der Waals surface area (Å²) >= 11 is 0. The predicted octanol–water partition coefficient (Wildman–Crippen LogP) is 4.85. The van der Waals surface area contributed by atoms with E-state index in [1.54, 1.807) is 30.3 Å². The first kappa shape index (κ1) is 27.6. The minimum Gasteiger partial charge on any atom is -0.349 e. The summed E-state index contributed by atoms with van der Waals surface area (Å²) in [6.45, 7) is 9.39. The van der Waals surface area contributed by atoms with Gasteiger partial charge in [0.05, 0.1) is 4.90 Å². The van der Waals surface area contributed by atoms with E-state index in [0.29, 0.717) is 54.6 Å². The van der Waals surface area contributed by atoms with Gasteiger partial charge >= 0.3 is 0 Å². The fraction of sp³-hybridized carbons (Fsp3) is 0.586. The van der Waals surface area contributed by atoms with Crippen LogP contribution < -0.4 is 10.0 Å². The van der Waals surface area contributed by atoms with Crippen molar-refractivity contribution in [3.63, 3.8) is 0 Å². The van der Waals surface area contributed by atoms with Gasteiger partial charge in [-0.2, -0.15) is 0 Å². The van der Waals surface area contributed by atoms with Crippen molar-refractivity contribution >= 4 is 32.6 Å². The van der Waals surface area contributed by atoms with E-state index in [-0.39, 0.29) is 34.2 Å². The Hall–Kier alpha value is -2.45. The molecule has 1 heterocycles. The van der Waals surface area contributed by atoms with Crippen molar-refractivity contribution in [3.05, 3.63) is 42.0 Å². The van der Waals surface area contributed by atoms with Crippen LogP contribution in [0.5, 0.6) is 0 Å². The molecule has 2 unspecified atom stereocenters. The molecule has 2 amide bonds. The van der Waals surface area contributed by atoms with Gasteiger partial charge in [0.25, 0.3) is 5.91 Å². The van der Waals surface area contributed by atoms with Gasteiger partial charge in [-0.1, -0.05) is 64.8 Å². The second-order valence-electron chi connectivity index (χ2n) is 12.0. The second kappa shape index (κ2) is 11.1. The largest absolute Gasteiger partial charge is 0.349 e. The van der Waals surface area contributed by atoms with Crippen LogP contribution in [-0.2, 0) is 14.8 Å². The van der Waals surface area contributed by atoms with Crippen LogP contribution in [0.25, 0.3) is 10.8 Å². The zero-order valence-corrected chi connectivity index (χ0v) is 23.4. The lowest BCUT2D eigenvalue weighted by molar-refractivity contribution is -0.134. The van der Waals surface area contributed by atoms with Crippen LogP contribution in [-0.4, -0.2) is 50.3 Å². The van der Waals surface area contributed by atoms with E-state index in [9.17, 15) is 18.0 Å². The number of benzene rings is 2. The minimum absolute atomic E-state index is 0.0751. The number of rotatable bonds is 6. The zero-order chi connectivity index (χ0) is 26.8. The van der Waals surface area contributed by atoms with Gasteiger partial charge in [0.1, 0.15) is 0 Å². The summed E-state index contributed by atoms with van der Waals surface area (Å²) in [6, 6.07) is 10.3. The lowest BCUT2D eigenvalue weighted by atomic mass is 9.85. The third kappa shape index (κ3) is 6.71. The molecule has 0 spiro atoms. The molecule has 2 aliphatic rings. The normalized spacial score (nSPS) is 21.7. The van der Waals surface area contributed by atoms with Gasteiger partial charge in [0.15, 0.2) is 0 Å². The van der Waals surface area contributed by atoms with Crippen molar-refractivity contribution < 1.29 is 18.0 Å². The molecule has 0 bridgehead atoms. The first-order valence-electron chi connectivity index (χ1n) is 13.6. The molecular formula is C29H41N3O4S. The number of hydrogen-bond acceptors (Lipinski definition) is 4. The lowest BCUT2D eigenvalue weighted by Crippen LogP contribution is -2.47. The summed E-state index contributed by atoms with van der Waals surface area (Å²) in [4.78, 5) is 27.8. The first-order valence-corrected chi connectivity index (χ1v) is 15.1. The van der Waals surface area contributed by atoms with Gasteiger partial charge in [-0.05, 0) is 54.5 Å². The maximum atomic E-state index is 13.5. The van der Waals surface area contributed by atoms with Crippen molar-refractivity contribution in [3.8, 4) is 0 Å². The van der Waals surface area contributed by atoms with E-state index >= 15 is 0 Å². The summed E-state index contributed by atoms with van der Waals surface area (Å²) in [7, 11) is -3.82. The molecule has 0 radical (unpaired) electrons. The number of sulfonamides is 1. The molecule has 7 nitrogen and oxygen atoms in total. The number of amides is 2. The molecule has 0 aromatic heterocycles. The predicted molar refractivity (Wildman–Crippen MR) is 147 cm³/mol. The number of nitrogens with zero attached hydrogens (tertiary/aromatic N) is 1. The number of hydrogen-bond donors (Lipinski definition) is 2. The number of carbonyl (C=O) groups excluding carboxylic acids is 2. The van der Waals surface area contributed by atoms with Gasteiger partial charge in [-0.15, -0.1) is 0 Å². The SMILES string of the molecule is CC1CCCCC1NC(=O)c1cccc2c(S(=O)(=O)NC3CCN(C(=O)CC(C)(C)C)CC3)cccc12. The van der Waals surface area contributed by atoms with Gasteiger partial charge in [0.2, 0.25) is 15.9 Å². The molecule has 2 fully saturated rings. The molecule has 2 N–H and O–H groups in total. The van der Waals surface area contributed by atoms with Crippen LogP contribution in [0.1, 0.15) is 83.0 Å². The van der Waals surface area contributed by atoms with E-state index in [1.165, 1.54) is 6.42 Å². The van der Waals surface area contributed by atoms with Crippen LogP contribution in [0.4, 0.5) is 0 Å². The highest BCUT2D eigenvalue weighted by Crippen LogP contribution is 2.29. The Morgan fingerprint density at radius 1 is 0.946 bits per heavy atom. The third-order valence-corrected chi connectivity index (χ3v) is 9.27. The van der Waals surface area contributed by atoms with E-state index < -0.39 is 10.0 Å². The zero-order valence-electron chi connectivity index (χ0n) is 22.5. The van der Waals surface area contributed by atoms with Crippen molar-refractivity contribution in [2.24, 2.45) is 11.3 Å². The Kier molecular flexibility index (Phi) is 8.29. The minimum atomic E-state index is -3.82. The van der Waals surface area contributed by atoms with Crippen LogP contribution in [0, 0.1) is 11.3 Å². The number of likely N-dealkylation sites (tertiary alicyclic amines) is 1. The van der Waals surface area contributed by atoms with Crippen LogP contribution in [0.2, 0.25) is 0 Å². The van der Waals surface area contributed by atoms with E-state index in [1.807, 2.05) is 31.7 Å². The highest BCUT2D eigenvalue weighted by Gasteiger charge is 2.30. The summed E-state index contributed by atoms with van der Waals surface area (Å²) in [6.07, 6.45) is 6.03. The maximum Gasteiger partial charge on any atom is 0.252 e. The van der Waals surface area contributed by atoms with Gasteiger partial charge < -0.3 is 10.2 Å². The van der Waals surface area contributed by atoms with E-state index in [2.05, 4.69) is 17.0 Å². The summed E-state index contributed by atoms with van der Waals surface area (Å²) < 4.78 is 29.8. The third-order valence-electron chi connectivity index (χ3n) is 7.70. The topological polar surface area (TPSA) is 95.6 Å². The van der Waals surface area contributed by atoms with E-state index in [0.717, 1.165) is 19.3 Å². The maximum absolute atomic E-state index is 13.5. The number of nitrogens with one attached hydrogen (secondary N) is 2. The molecule has 1 aliphatic heterocycles. The smallest absolute Gasteiger partial charge is 0.252 e. The molecular weight excluding hydrogens is 486 g/mol. The fourth-order valence-corrected chi connectivity index (χ4v) is 7.11. The van der Waals surface area contributed by atoms with Crippen molar-refractivity contribution in [1.82, 2.24) is 14.9 Å². The molecule has 1 aliphatic carbocycles. The molecule has 2 aromatic rings. The highest BCUT2D eigenvalue weighted by atomic mass is 32.2. The Bertz CT molecular complexity index is 1240. The van der Waals surface area contributed by atoms with Crippen LogP contribution >= 0.6 is 0 Å².